The van der Waals surface area contributed by atoms with E-state index in [0.717, 1.165) is 0 Å². The van der Waals surface area contributed by atoms with E-state index in [9.17, 15) is 0 Å². The Bertz CT molecular complexity index is 3440. The fourth-order valence-electron chi connectivity index (χ4n) is 9.85. The van der Waals surface area contributed by atoms with Gasteiger partial charge in [0, 0.05) is 72.7 Å². The Morgan fingerprint density at radius 1 is 0.446 bits per heavy atom. The van der Waals surface area contributed by atoms with Crippen LogP contribution >= 0.6 is 34.9 Å². The van der Waals surface area contributed by atoms with Gasteiger partial charge in [0.05, 0.1) is 22.1 Å². The summed E-state index contributed by atoms with van der Waals surface area (Å²) in [5, 5.41) is 7.86. The van der Waals surface area contributed by atoms with Crippen molar-refractivity contribution >= 4 is 122 Å². The van der Waals surface area contributed by atoms with E-state index < -0.39 is 0 Å². The molecule has 0 unspecified atom stereocenters. The number of benzene rings is 8. The van der Waals surface area contributed by atoms with Crippen LogP contribution in [-0.4, -0.2) is 15.8 Å². The van der Waals surface area contributed by atoms with Crippen LogP contribution in [0.2, 0.25) is 0 Å². The minimum absolute atomic E-state index is 0.216. The van der Waals surface area contributed by atoms with Crippen LogP contribution in [0, 0.1) is 13.8 Å². The monoisotopic (exact) mass is 766 g/mol. The average Bonchev–Trinajstić information content (AvgIpc) is 3.89. The van der Waals surface area contributed by atoms with Crippen molar-refractivity contribution in [2.45, 2.75) is 33.4 Å². The lowest BCUT2D eigenvalue weighted by molar-refractivity contribution is 1.15. The third-order valence-electron chi connectivity index (χ3n) is 12.1. The van der Waals surface area contributed by atoms with Gasteiger partial charge in [0.1, 0.15) is 0 Å². The van der Waals surface area contributed by atoms with Crippen molar-refractivity contribution in [3.05, 3.63) is 163 Å². The molecule has 11 aromatic rings. The molecule has 0 aliphatic carbocycles. The Labute approximate surface area is 336 Å². The van der Waals surface area contributed by atoms with E-state index in [1.54, 1.807) is 0 Å². The first-order valence-electron chi connectivity index (χ1n) is 19.2. The number of rotatable bonds is 2. The van der Waals surface area contributed by atoms with Crippen molar-refractivity contribution in [1.29, 1.82) is 0 Å². The largest absolute Gasteiger partial charge is 0.308 e. The fraction of sp³-hybridized carbons (Fsp3) is 0.0400. The minimum Gasteiger partial charge on any atom is -0.308 e. The Morgan fingerprint density at radius 2 is 0.964 bits per heavy atom. The van der Waals surface area contributed by atoms with Gasteiger partial charge in [-0.1, -0.05) is 143 Å². The molecule has 262 valence electrons. The zero-order valence-electron chi connectivity index (χ0n) is 30.6. The van der Waals surface area contributed by atoms with E-state index in [-0.39, 0.29) is 6.71 Å². The lowest BCUT2D eigenvalue weighted by Crippen LogP contribution is -2.58. The van der Waals surface area contributed by atoms with E-state index in [1.807, 2.05) is 34.9 Å². The molecule has 0 saturated carbocycles. The highest BCUT2D eigenvalue weighted by Gasteiger charge is 2.39. The second-order valence-electron chi connectivity index (χ2n) is 15.4. The third-order valence-corrected chi connectivity index (χ3v) is 15.6. The third kappa shape index (κ3) is 4.16. The van der Waals surface area contributed by atoms with Crippen molar-refractivity contribution in [3.63, 3.8) is 0 Å². The molecule has 0 radical (unpaired) electrons. The van der Waals surface area contributed by atoms with Crippen molar-refractivity contribution in [2.75, 3.05) is 0 Å². The van der Waals surface area contributed by atoms with Crippen LogP contribution in [0.1, 0.15) is 11.1 Å². The first-order chi connectivity index (χ1) is 27.6. The molecule has 3 aromatic heterocycles. The molecule has 5 heterocycles. The van der Waals surface area contributed by atoms with Gasteiger partial charge in [-0.25, -0.2) is 0 Å². The Balaban J connectivity index is 1.22. The highest BCUT2D eigenvalue weighted by molar-refractivity contribution is 8.01. The molecule has 0 saturated heterocycles. The zero-order valence-corrected chi connectivity index (χ0v) is 33.1. The standard InChI is InChI=1S/C50H31BN2S3/c1-28-20-22-40-35(24-28)51-36-25-29(2)21-23-41(36)55-43-27-31(26-42(54-40)47(43)51)53-37-17-9-6-14-32(37)44-48-45(50-46(49(44)53)34-16-8-11-19-39(34)56-50)33-15-7-10-18-38(33)52(48)30-12-4-3-5-13-30/h3-27H,1-2H3. The van der Waals surface area contributed by atoms with Gasteiger partial charge < -0.3 is 9.13 Å². The van der Waals surface area contributed by atoms with Gasteiger partial charge in [-0.3, -0.25) is 0 Å². The molecule has 2 nitrogen and oxygen atoms in total. The van der Waals surface area contributed by atoms with E-state index in [1.165, 1.54) is 122 Å². The van der Waals surface area contributed by atoms with Crippen LogP contribution < -0.4 is 16.4 Å². The summed E-state index contributed by atoms with van der Waals surface area (Å²) in [5.41, 5.74) is 14.4. The number of para-hydroxylation sites is 3. The smallest absolute Gasteiger partial charge is 0.247 e. The van der Waals surface area contributed by atoms with Crippen molar-refractivity contribution in [3.8, 4) is 11.4 Å². The van der Waals surface area contributed by atoms with Crippen LogP contribution in [-0.2, 0) is 0 Å². The van der Waals surface area contributed by atoms with E-state index in [4.69, 9.17) is 0 Å². The Morgan fingerprint density at radius 3 is 1.61 bits per heavy atom. The van der Waals surface area contributed by atoms with E-state index >= 15 is 0 Å². The molecule has 56 heavy (non-hydrogen) atoms. The summed E-state index contributed by atoms with van der Waals surface area (Å²) >= 11 is 5.82. The van der Waals surface area contributed by atoms with Crippen LogP contribution in [0.4, 0.5) is 0 Å². The molecule has 0 atom stereocenters. The maximum Gasteiger partial charge on any atom is 0.247 e. The van der Waals surface area contributed by atoms with Crippen molar-refractivity contribution in [1.82, 2.24) is 9.13 Å². The number of hydrogen-bond donors (Lipinski definition) is 0. The van der Waals surface area contributed by atoms with Gasteiger partial charge in [-0.05, 0) is 73.9 Å². The molecular formula is C50H31BN2S3. The van der Waals surface area contributed by atoms with Gasteiger partial charge in [-0.15, -0.1) is 11.3 Å². The number of hydrogen-bond acceptors (Lipinski definition) is 3. The number of thiophene rings is 1. The molecule has 2 aliphatic heterocycles. The first-order valence-corrected chi connectivity index (χ1v) is 21.7. The molecule has 0 N–H and O–H groups in total. The lowest BCUT2D eigenvalue weighted by Gasteiger charge is -2.33. The predicted octanol–water partition coefficient (Wildman–Crippen LogP) is 12.3. The summed E-state index contributed by atoms with van der Waals surface area (Å²) in [7, 11) is 0. The number of aryl methyl sites for hydroxylation is 2. The highest BCUT2D eigenvalue weighted by atomic mass is 32.2. The van der Waals surface area contributed by atoms with Crippen LogP contribution in [0.15, 0.2) is 171 Å². The topological polar surface area (TPSA) is 9.86 Å². The van der Waals surface area contributed by atoms with Crippen molar-refractivity contribution < 1.29 is 0 Å². The van der Waals surface area contributed by atoms with Crippen molar-refractivity contribution in [2.24, 2.45) is 0 Å². The SMILES string of the molecule is Cc1ccc2c(c1)B1c3cc(C)ccc3Sc3cc(-n4c5ccccc5c5c6c(c7ccccc7n6-c6ccccc6)c6sc7ccccc7c6c54)cc(c31)S2. The lowest BCUT2D eigenvalue weighted by atomic mass is 9.36. The highest BCUT2D eigenvalue weighted by Crippen LogP contribution is 2.51. The average molecular weight is 767 g/mol. The predicted molar refractivity (Wildman–Crippen MR) is 243 cm³/mol. The van der Waals surface area contributed by atoms with Gasteiger partial charge in [-0.2, -0.15) is 0 Å². The summed E-state index contributed by atoms with van der Waals surface area (Å²) in [6.45, 7) is 4.67. The van der Waals surface area contributed by atoms with Crippen LogP contribution in [0.25, 0.3) is 75.2 Å². The fourth-order valence-corrected chi connectivity index (χ4v) is 13.5. The molecule has 0 spiro atoms. The number of fused-ring (bicyclic) bond motifs is 16. The second-order valence-corrected chi connectivity index (χ2v) is 18.6. The van der Waals surface area contributed by atoms with Gasteiger partial charge >= 0.3 is 0 Å². The van der Waals surface area contributed by atoms with Crippen LogP contribution in [0.3, 0.4) is 0 Å². The maximum absolute atomic E-state index is 2.61. The molecule has 0 bridgehead atoms. The van der Waals surface area contributed by atoms with Gasteiger partial charge in [0.25, 0.3) is 0 Å². The molecule has 0 amide bonds. The summed E-state index contributed by atoms with van der Waals surface area (Å²) in [6.07, 6.45) is 0. The molecule has 2 aliphatic rings. The molecule has 13 rings (SSSR count). The normalized spacial score (nSPS) is 13.4. The van der Waals surface area contributed by atoms with E-state index in [2.05, 4.69) is 175 Å². The first kappa shape index (κ1) is 31.5. The Kier molecular flexibility index (Phi) is 6.45. The van der Waals surface area contributed by atoms with Crippen LogP contribution in [0.5, 0.6) is 0 Å². The zero-order chi connectivity index (χ0) is 36.8. The summed E-state index contributed by atoms with van der Waals surface area (Å²) < 4.78 is 7.80. The molecular weight excluding hydrogens is 736 g/mol. The number of nitrogens with zero attached hydrogens (tertiary/aromatic N) is 2. The molecule has 8 aromatic carbocycles. The summed E-state index contributed by atoms with van der Waals surface area (Å²) in [6, 6.07) is 57.2. The van der Waals surface area contributed by atoms with Gasteiger partial charge in [0.15, 0.2) is 0 Å². The van der Waals surface area contributed by atoms with Gasteiger partial charge in [0.2, 0.25) is 6.71 Å². The minimum atomic E-state index is 0.216. The summed E-state index contributed by atoms with van der Waals surface area (Å²) in [5.74, 6) is 0. The molecule has 0 fully saturated rings. The number of aromatic nitrogens is 2. The maximum atomic E-state index is 2.61. The van der Waals surface area contributed by atoms with E-state index in [0.29, 0.717) is 0 Å². The summed E-state index contributed by atoms with van der Waals surface area (Å²) in [4.78, 5) is 5.43. The Hall–Kier alpha value is -5.66. The molecule has 6 heteroatoms. The quantitative estimate of drug-likeness (QED) is 0.162. The second kappa shape index (κ2) is 11.5.